The van der Waals surface area contributed by atoms with Crippen molar-refractivity contribution in [3.05, 3.63) is 71.3 Å². The van der Waals surface area contributed by atoms with E-state index in [1.165, 1.54) is 17.7 Å². The molecule has 0 saturated carbocycles. The van der Waals surface area contributed by atoms with Crippen LogP contribution >= 0.6 is 0 Å². The molecule has 3 aromatic carbocycles. The first-order valence-electron chi connectivity index (χ1n) is 9.65. The van der Waals surface area contributed by atoms with Crippen LogP contribution in [0.2, 0.25) is 0 Å². The molecule has 0 amide bonds. The molecule has 0 spiro atoms. The zero-order chi connectivity index (χ0) is 18.5. The summed E-state index contributed by atoms with van der Waals surface area (Å²) in [5.74, 6) is -0.477. The maximum Gasteiger partial charge on any atom is 0.139 e. The summed E-state index contributed by atoms with van der Waals surface area (Å²) in [6.07, 6.45) is 6.06. The van der Waals surface area contributed by atoms with E-state index in [2.05, 4.69) is 13.8 Å². The van der Waals surface area contributed by atoms with E-state index in [4.69, 9.17) is 0 Å². The smallest absolute Gasteiger partial charge is 0.139 e. The Morgan fingerprint density at radius 2 is 1.27 bits per heavy atom. The van der Waals surface area contributed by atoms with E-state index in [1.54, 1.807) is 12.1 Å². The number of halogens is 2. The maximum atomic E-state index is 15.6. The Hall–Kier alpha value is -2.22. The first-order chi connectivity index (χ1) is 12.7. The molecule has 0 aliphatic heterocycles. The maximum absolute atomic E-state index is 15.6. The van der Waals surface area contributed by atoms with Gasteiger partial charge < -0.3 is 0 Å². The summed E-state index contributed by atoms with van der Waals surface area (Å²) in [6.45, 7) is 4.33. The van der Waals surface area contributed by atoms with Crippen LogP contribution in [0.3, 0.4) is 0 Å². The highest BCUT2D eigenvalue weighted by Gasteiger charge is 2.20. The fourth-order valence-electron chi connectivity index (χ4n) is 3.70. The second-order valence-corrected chi connectivity index (χ2v) is 6.91. The van der Waals surface area contributed by atoms with E-state index in [0.717, 1.165) is 55.0 Å². The van der Waals surface area contributed by atoms with Crippen LogP contribution in [0.5, 0.6) is 0 Å². The summed E-state index contributed by atoms with van der Waals surface area (Å²) >= 11 is 0. The molecule has 3 aromatic rings. The summed E-state index contributed by atoms with van der Waals surface area (Å²) in [5.41, 5.74) is 3.78. The summed E-state index contributed by atoms with van der Waals surface area (Å²) in [4.78, 5) is 0. The van der Waals surface area contributed by atoms with Crippen LogP contribution < -0.4 is 0 Å². The van der Waals surface area contributed by atoms with E-state index in [9.17, 15) is 4.39 Å². The molecule has 0 aliphatic rings. The second-order valence-electron chi connectivity index (χ2n) is 6.91. The first kappa shape index (κ1) is 18.6. The fraction of sp³-hybridized carbons (Fsp3) is 0.333. The molecule has 0 fully saturated rings. The lowest BCUT2D eigenvalue weighted by molar-refractivity contribution is 0.627. The normalized spacial score (nSPS) is 11.2. The number of hydrogen-bond donors (Lipinski definition) is 0. The van der Waals surface area contributed by atoms with Gasteiger partial charge in [0.25, 0.3) is 0 Å². The van der Waals surface area contributed by atoms with Gasteiger partial charge in [-0.1, -0.05) is 63.1 Å². The molecule has 3 rings (SSSR count). The molecule has 0 heterocycles. The van der Waals surface area contributed by atoms with Gasteiger partial charge in [-0.25, -0.2) is 8.78 Å². The van der Waals surface area contributed by atoms with Gasteiger partial charge in [-0.2, -0.15) is 0 Å². The Balaban J connectivity index is 2.32. The Kier molecular flexibility index (Phi) is 6.03. The lowest BCUT2D eigenvalue weighted by Gasteiger charge is -2.20. The van der Waals surface area contributed by atoms with Crippen molar-refractivity contribution in [2.75, 3.05) is 0 Å². The second kappa shape index (κ2) is 8.44. The minimum Gasteiger partial charge on any atom is -0.207 e. The predicted molar refractivity (Wildman–Crippen MR) is 107 cm³/mol. The monoisotopic (exact) mass is 352 g/mol. The molecule has 0 atom stereocenters. The number of hydrogen-bond acceptors (Lipinski definition) is 0. The molecule has 136 valence electrons. The van der Waals surface area contributed by atoms with Crippen molar-refractivity contribution in [3.63, 3.8) is 0 Å². The van der Waals surface area contributed by atoms with Gasteiger partial charge in [0.1, 0.15) is 11.6 Å². The van der Waals surface area contributed by atoms with Crippen LogP contribution in [0.15, 0.2) is 48.5 Å². The molecule has 0 unspecified atom stereocenters. The minimum atomic E-state index is -0.295. The molecule has 0 aromatic heterocycles. The van der Waals surface area contributed by atoms with Crippen LogP contribution in [0.25, 0.3) is 21.9 Å². The van der Waals surface area contributed by atoms with Crippen molar-refractivity contribution in [1.82, 2.24) is 0 Å². The molecule has 0 N–H and O–H groups in total. The molecule has 0 bridgehead atoms. The molecule has 26 heavy (non-hydrogen) atoms. The van der Waals surface area contributed by atoms with Crippen molar-refractivity contribution in [1.29, 1.82) is 0 Å². The highest BCUT2D eigenvalue weighted by molar-refractivity contribution is 5.93. The van der Waals surface area contributed by atoms with E-state index in [-0.39, 0.29) is 11.6 Å². The van der Waals surface area contributed by atoms with Crippen LogP contribution in [-0.4, -0.2) is 0 Å². The average molecular weight is 352 g/mol. The summed E-state index contributed by atoms with van der Waals surface area (Å²) in [7, 11) is 0. The lowest BCUT2D eigenvalue weighted by atomic mass is 9.85. The number of benzene rings is 3. The number of unbranched alkanes of at least 4 members (excludes halogenated alkanes) is 2. The van der Waals surface area contributed by atoms with Crippen molar-refractivity contribution in [3.8, 4) is 11.1 Å². The largest absolute Gasteiger partial charge is 0.207 e. The SMILES string of the molecule is CCCCc1c(-c2ccc(F)cc2)c(F)c2ccccc2c1CCCC. The fourth-order valence-corrected chi connectivity index (χ4v) is 3.70. The number of aryl methyl sites for hydroxylation is 1. The third-order valence-corrected chi connectivity index (χ3v) is 5.07. The van der Waals surface area contributed by atoms with E-state index in [1.807, 2.05) is 24.3 Å². The van der Waals surface area contributed by atoms with Crippen molar-refractivity contribution in [2.24, 2.45) is 0 Å². The summed E-state index contributed by atoms with van der Waals surface area (Å²) in [6, 6.07) is 14.0. The van der Waals surface area contributed by atoms with Gasteiger partial charge in [0, 0.05) is 10.9 Å². The third-order valence-electron chi connectivity index (χ3n) is 5.07. The molecular weight excluding hydrogens is 326 g/mol. The van der Waals surface area contributed by atoms with Crippen molar-refractivity contribution < 1.29 is 8.78 Å². The summed E-state index contributed by atoms with van der Waals surface area (Å²) in [5, 5.41) is 1.69. The van der Waals surface area contributed by atoms with Crippen LogP contribution in [0, 0.1) is 11.6 Å². The van der Waals surface area contributed by atoms with Crippen LogP contribution in [0.4, 0.5) is 8.78 Å². The van der Waals surface area contributed by atoms with Gasteiger partial charge in [-0.3, -0.25) is 0 Å². The van der Waals surface area contributed by atoms with Crippen molar-refractivity contribution in [2.45, 2.75) is 52.4 Å². The average Bonchev–Trinajstić information content (AvgIpc) is 2.67. The summed E-state index contributed by atoms with van der Waals surface area (Å²) < 4.78 is 29.0. The zero-order valence-corrected chi connectivity index (χ0v) is 15.6. The minimum absolute atomic E-state index is 0.182. The number of rotatable bonds is 7. The van der Waals surface area contributed by atoms with Crippen LogP contribution in [-0.2, 0) is 12.8 Å². The highest BCUT2D eigenvalue weighted by atomic mass is 19.1. The molecule has 0 radical (unpaired) electrons. The molecule has 0 nitrogen and oxygen atoms in total. The van der Waals surface area contributed by atoms with E-state index >= 15 is 4.39 Å². The van der Waals surface area contributed by atoms with Gasteiger partial charge in [-0.15, -0.1) is 0 Å². The van der Waals surface area contributed by atoms with Gasteiger partial charge in [-0.05, 0) is 59.9 Å². The molecule has 0 saturated heterocycles. The molecule has 0 aliphatic carbocycles. The zero-order valence-electron chi connectivity index (χ0n) is 15.6. The standard InChI is InChI=1S/C24H26F2/c1-3-5-9-19-20-11-7-8-12-22(20)24(26)23(21(19)10-6-4-2)17-13-15-18(25)16-14-17/h7-8,11-16H,3-6,9-10H2,1-2H3. The number of fused-ring (bicyclic) bond motifs is 1. The highest BCUT2D eigenvalue weighted by Crippen LogP contribution is 2.38. The quantitative estimate of drug-likeness (QED) is 0.414. The van der Waals surface area contributed by atoms with Gasteiger partial charge in [0.2, 0.25) is 0 Å². The molecular formula is C24H26F2. The predicted octanol–water partition coefficient (Wildman–Crippen LogP) is 7.47. The Morgan fingerprint density at radius 1 is 0.692 bits per heavy atom. The Labute approximate surface area is 154 Å². The third kappa shape index (κ3) is 3.65. The van der Waals surface area contributed by atoms with Crippen molar-refractivity contribution >= 4 is 10.8 Å². The van der Waals surface area contributed by atoms with E-state index < -0.39 is 0 Å². The van der Waals surface area contributed by atoms with Gasteiger partial charge in [0.15, 0.2) is 0 Å². The lowest BCUT2D eigenvalue weighted by Crippen LogP contribution is -2.03. The topological polar surface area (TPSA) is 0 Å². The van der Waals surface area contributed by atoms with Crippen LogP contribution in [0.1, 0.15) is 50.7 Å². The Morgan fingerprint density at radius 3 is 1.88 bits per heavy atom. The molecule has 2 heteroatoms. The van der Waals surface area contributed by atoms with Gasteiger partial charge in [0.05, 0.1) is 0 Å². The Bertz CT molecular complexity index is 879. The first-order valence-corrected chi connectivity index (χ1v) is 9.65. The van der Waals surface area contributed by atoms with E-state index in [0.29, 0.717) is 10.9 Å². The van der Waals surface area contributed by atoms with Gasteiger partial charge >= 0.3 is 0 Å².